The minimum Gasteiger partial charge on any atom is -0.325 e. The molecule has 1 amide bonds. The number of H-pyrrole nitrogens is 1. The normalized spacial score (nSPS) is 18.5. The van der Waals surface area contributed by atoms with Crippen molar-refractivity contribution in [2.24, 2.45) is 5.41 Å². The standard InChI is InChI=1S/C23H26N2O3S/c1-23(2)12-19-17(20(26)13-23)11-18(22(28)25-19)21(27)24-14-7-9-16(10-8-14)29-15-5-3-4-6-15/h7-11,15H,3-6,12-13H2,1-2H3,(H,24,27)(H,25,28). The molecule has 2 aromatic rings. The molecule has 0 unspecified atom stereocenters. The Balaban J connectivity index is 1.49. The zero-order chi connectivity index (χ0) is 20.6. The highest BCUT2D eigenvalue weighted by atomic mass is 32.2. The third-order valence-electron chi connectivity index (χ3n) is 5.68. The number of hydrogen-bond donors (Lipinski definition) is 2. The van der Waals surface area contributed by atoms with Gasteiger partial charge in [-0.15, -0.1) is 11.8 Å². The van der Waals surface area contributed by atoms with E-state index < -0.39 is 11.5 Å². The van der Waals surface area contributed by atoms with Crippen molar-refractivity contribution in [1.82, 2.24) is 4.98 Å². The Morgan fingerprint density at radius 3 is 2.48 bits per heavy atom. The lowest BCUT2D eigenvalue weighted by atomic mass is 9.75. The lowest BCUT2D eigenvalue weighted by Gasteiger charge is -2.29. The first-order valence-electron chi connectivity index (χ1n) is 10.2. The summed E-state index contributed by atoms with van der Waals surface area (Å²) < 4.78 is 0. The number of anilines is 1. The van der Waals surface area contributed by atoms with Crippen LogP contribution in [-0.4, -0.2) is 21.9 Å². The van der Waals surface area contributed by atoms with Gasteiger partial charge in [0.15, 0.2) is 5.78 Å². The SMILES string of the molecule is CC1(C)CC(=O)c2cc(C(=O)Nc3ccc(SC4CCCC4)cc3)c(=O)[nH]c2C1. The quantitative estimate of drug-likeness (QED) is 0.758. The van der Waals surface area contributed by atoms with Crippen LogP contribution in [0.15, 0.2) is 40.0 Å². The number of nitrogens with one attached hydrogen (secondary N) is 2. The Morgan fingerprint density at radius 1 is 1.10 bits per heavy atom. The number of thioether (sulfide) groups is 1. The van der Waals surface area contributed by atoms with Crippen molar-refractivity contribution < 1.29 is 9.59 Å². The molecule has 1 heterocycles. The zero-order valence-corrected chi connectivity index (χ0v) is 17.7. The van der Waals surface area contributed by atoms with Crippen molar-refractivity contribution in [3.63, 3.8) is 0 Å². The van der Waals surface area contributed by atoms with Crippen LogP contribution < -0.4 is 10.9 Å². The molecule has 1 aromatic heterocycles. The fourth-order valence-corrected chi connectivity index (χ4v) is 5.46. The first-order valence-corrected chi connectivity index (χ1v) is 11.1. The molecule has 2 aliphatic carbocycles. The van der Waals surface area contributed by atoms with Gasteiger partial charge in [0, 0.05) is 33.5 Å². The second-order valence-electron chi connectivity index (χ2n) is 8.85. The molecule has 0 spiro atoms. The number of amides is 1. The monoisotopic (exact) mass is 410 g/mol. The Hall–Kier alpha value is -2.34. The molecule has 1 saturated carbocycles. The van der Waals surface area contributed by atoms with Gasteiger partial charge in [-0.05, 0) is 55.0 Å². The van der Waals surface area contributed by atoms with Crippen molar-refractivity contribution in [2.45, 2.75) is 62.5 Å². The predicted octanol–water partition coefficient (Wildman–Crippen LogP) is 4.82. The molecule has 0 atom stereocenters. The Kier molecular flexibility index (Phi) is 5.38. The second kappa shape index (κ2) is 7.82. The van der Waals surface area contributed by atoms with Gasteiger partial charge in [-0.2, -0.15) is 0 Å². The van der Waals surface area contributed by atoms with E-state index in [-0.39, 0.29) is 16.8 Å². The molecular formula is C23H26N2O3S. The van der Waals surface area contributed by atoms with Gasteiger partial charge in [-0.3, -0.25) is 14.4 Å². The Morgan fingerprint density at radius 2 is 1.79 bits per heavy atom. The van der Waals surface area contributed by atoms with Crippen LogP contribution in [0.2, 0.25) is 0 Å². The summed E-state index contributed by atoms with van der Waals surface area (Å²) >= 11 is 1.89. The van der Waals surface area contributed by atoms with E-state index in [1.54, 1.807) is 0 Å². The molecule has 5 nitrogen and oxygen atoms in total. The number of rotatable bonds is 4. The van der Waals surface area contributed by atoms with Gasteiger partial charge in [-0.25, -0.2) is 0 Å². The maximum absolute atomic E-state index is 12.7. The first-order chi connectivity index (χ1) is 13.8. The molecule has 1 aromatic carbocycles. The van der Waals surface area contributed by atoms with Crippen LogP contribution in [-0.2, 0) is 6.42 Å². The molecule has 152 valence electrons. The molecule has 6 heteroatoms. The third kappa shape index (κ3) is 4.47. The van der Waals surface area contributed by atoms with Crippen LogP contribution in [0.3, 0.4) is 0 Å². The van der Waals surface area contributed by atoms with E-state index in [0.29, 0.717) is 35.0 Å². The third-order valence-corrected chi connectivity index (χ3v) is 7.03. The number of carbonyl (C=O) groups excluding carboxylic acids is 2. The number of fused-ring (bicyclic) bond motifs is 1. The van der Waals surface area contributed by atoms with Crippen molar-refractivity contribution >= 4 is 29.1 Å². The summed E-state index contributed by atoms with van der Waals surface area (Å²) in [4.78, 5) is 41.5. The summed E-state index contributed by atoms with van der Waals surface area (Å²) in [5.41, 5.74) is 1.05. The lowest BCUT2D eigenvalue weighted by molar-refractivity contribution is 0.0910. The number of pyridine rings is 1. The maximum atomic E-state index is 12.7. The van der Waals surface area contributed by atoms with Crippen LogP contribution in [0, 0.1) is 5.41 Å². The van der Waals surface area contributed by atoms with Crippen LogP contribution in [0.25, 0.3) is 0 Å². The first kappa shape index (κ1) is 20.0. The Labute approximate surface area is 174 Å². The summed E-state index contributed by atoms with van der Waals surface area (Å²) in [6.07, 6.45) is 6.17. The van der Waals surface area contributed by atoms with E-state index in [1.807, 2.05) is 49.9 Å². The number of Topliss-reactive ketones (excluding diaryl/α,β-unsaturated/α-hetero) is 1. The van der Waals surface area contributed by atoms with E-state index >= 15 is 0 Å². The highest BCUT2D eigenvalue weighted by molar-refractivity contribution is 8.00. The fraction of sp³-hybridized carbons (Fsp3) is 0.435. The van der Waals surface area contributed by atoms with E-state index in [0.717, 1.165) is 0 Å². The minimum absolute atomic E-state index is 0.0267. The number of hydrogen-bond acceptors (Lipinski definition) is 4. The number of aromatic amines is 1. The highest BCUT2D eigenvalue weighted by Gasteiger charge is 2.32. The lowest BCUT2D eigenvalue weighted by Crippen LogP contribution is -2.32. The summed E-state index contributed by atoms with van der Waals surface area (Å²) in [6.45, 7) is 4.00. The summed E-state index contributed by atoms with van der Waals surface area (Å²) in [5, 5.41) is 3.47. The van der Waals surface area contributed by atoms with Crippen molar-refractivity contribution in [3.8, 4) is 0 Å². The van der Waals surface area contributed by atoms with E-state index in [4.69, 9.17) is 0 Å². The molecule has 0 bridgehead atoms. The molecule has 29 heavy (non-hydrogen) atoms. The highest BCUT2D eigenvalue weighted by Crippen LogP contribution is 2.35. The van der Waals surface area contributed by atoms with Crippen LogP contribution in [0.4, 0.5) is 5.69 Å². The van der Waals surface area contributed by atoms with Gasteiger partial charge in [0.05, 0.1) is 0 Å². The van der Waals surface area contributed by atoms with E-state index in [9.17, 15) is 14.4 Å². The van der Waals surface area contributed by atoms with Crippen molar-refractivity contribution in [2.75, 3.05) is 5.32 Å². The average Bonchev–Trinajstić information content (AvgIpc) is 3.15. The second-order valence-corrected chi connectivity index (χ2v) is 10.2. The van der Waals surface area contributed by atoms with E-state index in [1.165, 1.54) is 36.6 Å². The smallest absolute Gasteiger partial charge is 0.261 e. The largest absolute Gasteiger partial charge is 0.325 e. The minimum atomic E-state index is -0.497. The fourth-order valence-electron chi connectivity index (χ4n) is 4.21. The van der Waals surface area contributed by atoms with Crippen LogP contribution >= 0.6 is 11.8 Å². The number of carbonyl (C=O) groups is 2. The summed E-state index contributed by atoms with van der Waals surface area (Å²) in [5.74, 6) is -0.530. The Bertz CT molecular complexity index is 1000. The zero-order valence-electron chi connectivity index (χ0n) is 16.8. The molecule has 4 rings (SSSR count). The van der Waals surface area contributed by atoms with Crippen molar-refractivity contribution in [1.29, 1.82) is 0 Å². The molecule has 2 N–H and O–H groups in total. The maximum Gasteiger partial charge on any atom is 0.261 e. The van der Waals surface area contributed by atoms with Gasteiger partial charge in [0.2, 0.25) is 0 Å². The molecule has 0 aliphatic heterocycles. The molecule has 2 aliphatic rings. The number of ketones is 1. The van der Waals surface area contributed by atoms with Crippen LogP contribution in [0.1, 0.15) is 72.4 Å². The van der Waals surface area contributed by atoms with Crippen LogP contribution in [0.5, 0.6) is 0 Å². The van der Waals surface area contributed by atoms with Gasteiger partial charge in [0.25, 0.3) is 11.5 Å². The van der Waals surface area contributed by atoms with Gasteiger partial charge < -0.3 is 10.3 Å². The van der Waals surface area contributed by atoms with Gasteiger partial charge in [0.1, 0.15) is 5.56 Å². The predicted molar refractivity (Wildman–Crippen MR) is 116 cm³/mol. The number of aromatic nitrogens is 1. The molecular weight excluding hydrogens is 384 g/mol. The van der Waals surface area contributed by atoms with Crippen molar-refractivity contribution in [3.05, 3.63) is 57.5 Å². The molecule has 1 fully saturated rings. The topological polar surface area (TPSA) is 79.0 Å². The summed E-state index contributed by atoms with van der Waals surface area (Å²) in [7, 11) is 0. The summed E-state index contributed by atoms with van der Waals surface area (Å²) in [6, 6.07) is 9.17. The molecule has 0 radical (unpaired) electrons. The van der Waals surface area contributed by atoms with E-state index in [2.05, 4.69) is 10.3 Å². The average molecular weight is 411 g/mol. The molecule has 0 saturated heterocycles. The number of benzene rings is 1. The van der Waals surface area contributed by atoms with Gasteiger partial charge in [-0.1, -0.05) is 26.7 Å². The van der Waals surface area contributed by atoms with Gasteiger partial charge >= 0.3 is 0 Å².